The fraction of sp³-hybridized carbons (Fsp3) is 0.0769. The van der Waals surface area contributed by atoms with Crippen molar-refractivity contribution in [2.24, 2.45) is 0 Å². The lowest BCUT2D eigenvalue weighted by Crippen LogP contribution is -2.09. The summed E-state index contributed by atoms with van der Waals surface area (Å²) in [5, 5.41) is 1.00. The maximum Gasteiger partial charge on any atom is 0.259 e. The van der Waals surface area contributed by atoms with E-state index in [1.165, 1.54) is 0 Å². The molecule has 0 saturated heterocycles. The van der Waals surface area contributed by atoms with Gasteiger partial charge in [0.1, 0.15) is 5.82 Å². The summed E-state index contributed by atoms with van der Waals surface area (Å²) in [6.07, 6.45) is 3.34. The van der Waals surface area contributed by atoms with Crippen LogP contribution in [0.4, 0.5) is 0 Å². The number of pyridine rings is 1. The summed E-state index contributed by atoms with van der Waals surface area (Å²) >= 11 is 0. The quantitative estimate of drug-likeness (QED) is 0.667. The summed E-state index contributed by atoms with van der Waals surface area (Å²) in [7, 11) is 0. The van der Waals surface area contributed by atoms with E-state index in [1.807, 2.05) is 31.2 Å². The zero-order valence-electron chi connectivity index (χ0n) is 9.32. The molecule has 2 heterocycles. The highest BCUT2D eigenvalue weighted by molar-refractivity contribution is 5.82. The number of hydrogen-bond donors (Lipinski definition) is 2. The van der Waals surface area contributed by atoms with Gasteiger partial charge in [-0.2, -0.15) is 0 Å². The third-order valence-electron chi connectivity index (χ3n) is 2.75. The van der Waals surface area contributed by atoms with E-state index in [9.17, 15) is 4.79 Å². The number of benzene rings is 1. The monoisotopic (exact) mass is 225 g/mol. The molecule has 0 radical (unpaired) electrons. The van der Waals surface area contributed by atoms with E-state index < -0.39 is 0 Å². The Balaban J connectivity index is 2.32. The molecular formula is C13H11N3O. The predicted octanol–water partition coefficient (Wildman–Crippen LogP) is 2.23. The summed E-state index contributed by atoms with van der Waals surface area (Å²) in [5.41, 5.74) is 2.41. The van der Waals surface area contributed by atoms with Gasteiger partial charge >= 0.3 is 0 Å². The van der Waals surface area contributed by atoms with Crippen LogP contribution in [0.1, 0.15) is 5.56 Å². The minimum absolute atomic E-state index is 0.127. The lowest BCUT2D eigenvalue weighted by atomic mass is 10.1. The molecule has 0 saturated carbocycles. The standard InChI is InChI=1S/C13H11N3O/c1-8-2-3-9-7-10(12-14-4-5-15-12)13(17)16-11(9)6-8/h2-7H,1H3,(H,14,15)(H,16,17). The van der Waals surface area contributed by atoms with Crippen molar-refractivity contribution in [1.29, 1.82) is 0 Å². The van der Waals surface area contributed by atoms with Gasteiger partial charge in [0.25, 0.3) is 5.56 Å². The van der Waals surface area contributed by atoms with Gasteiger partial charge in [-0.25, -0.2) is 4.98 Å². The van der Waals surface area contributed by atoms with Crippen molar-refractivity contribution >= 4 is 10.9 Å². The van der Waals surface area contributed by atoms with E-state index in [-0.39, 0.29) is 5.56 Å². The number of nitrogens with one attached hydrogen (secondary N) is 2. The Morgan fingerprint density at radius 3 is 2.88 bits per heavy atom. The maximum atomic E-state index is 11.9. The zero-order chi connectivity index (χ0) is 11.8. The van der Waals surface area contributed by atoms with Crippen LogP contribution < -0.4 is 5.56 Å². The first kappa shape index (κ1) is 9.84. The van der Waals surface area contributed by atoms with Gasteiger partial charge in [0, 0.05) is 17.9 Å². The smallest absolute Gasteiger partial charge is 0.259 e. The topological polar surface area (TPSA) is 61.5 Å². The van der Waals surface area contributed by atoms with Crippen molar-refractivity contribution in [3.8, 4) is 11.4 Å². The van der Waals surface area contributed by atoms with Crippen molar-refractivity contribution in [3.05, 3.63) is 52.6 Å². The van der Waals surface area contributed by atoms with Crippen molar-refractivity contribution in [2.75, 3.05) is 0 Å². The van der Waals surface area contributed by atoms with E-state index >= 15 is 0 Å². The van der Waals surface area contributed by atoms with Crippen LogP contribution >= 0.6 is 0 Å². The number of aromatic amines is 2. The van der Waals surface area contributed by atoms with Crippen molar-refractivity contribution in [3.63, 3.8) is 0 Å². The number of rotatable bonds is 1. The number of aromatic nitrogens is 3. The largest absolute Gasteiger partial charge is 0.344 e. The van der Waals surface area contributed by atoms with E-state index in [0.717, 1.165) is 16.5 Å². The molecule has 0 amide bonds. The normalized spacial score (nSPS) is 10.9. The van der Waals surface area contributed by atoms with Gasteiger partial charge in [0.05, 0.1) is 5.56 Å². The Morgan fingerprint density at radius 1 is 1.24 bits per heavy atom. The average molecular weight is 225 g/mol. The van der Waals surface area contributed by atoms with Gasteiger partial charge in [-0.15, -0.1) is 0 Å². The molecular weight excluding hydrogens is 214 g/mol. The first-order valence-corrected chi connectivity index (χ1v) is 5.37. The van der Waals surface area contributed by atoms with Crippen LogP contribution in [0.25, 0.3) is 22.3 Å². The highest BCUT2D eigenvalue weighted by atomic mass is 16.1. The summed E-state index contributed by atoms with van der Waals surface area (Å²) in [6.45, 7) is 2.00. The molecule has 4 heteroatoms. The number of fused-ring (bicyclic) bond motifs is 1. The molecule has 0 unspecified atom stereocenters. The van der Waals surface area contributed by atoms with Crippen LogP contribution in [0.5, 0.6) is 0 Å². The van der Waals surface area contributed by atoms with Gasteiger partial charge in [-0.05, 0) is 30.0 Å². The van der Waals surface area contributed by atoms with Crippen LogP contribution in [0.3, 0.4) is 0 Å². The maximum absolute atomic E-state index is 11.9. The molecule has 0 bridgehead atoms. The number of imidazole rings is 1. The molecule has 17 heavy (non-hydrogen) atoms. The van der Waals surface area contributed by atoms with Crippen molar-refractivity contribution in [1.82, 2.24) is 15.0 Å². The minimum atomic E-state index is -0.127. The molecule has 84 valence electrons. The van der Waals surface area contributed by atoms with Gasteiger partial charge in [0.15, 0.2) is 0 Å². The second-order valence-electron chi connectivity index (χ2n) is 4.04. The highest BCUT2D eigenvalue weighted by Gasteiger charge is 2.07. The predicted molar refractivity (Wildman–Crippen MR) is 66.9 cm³/mol. The van der Waals surface area contributed by atoms with Crippen molar-refractivity contribution < 1.29 is 0 Å². The number of aryl methyl sites for hydroxylation is 1. The van der Waals surface area contributed by atoms with Crippen LogP contribution in [-0.2, 0) is 0 Å². The summed E-state index contributed by atoms with van der Waals surface area (Å²) in [5.74, 6) is 0.591. The molecule has 0 spiro atoms. The van der Waals surface area contributed by atoms with Crippen LogP contribution in [0, 0.1) is 6.92 Å². The lowest BCUT2D eigenvalue weighted by molar-refractivity contribution is 1.24. The lowest BCUT2D eigenvalue weighted by Gasteiger charge is -2.02. The van der Waals surface area contributed by atoms with E-state index in [2.05, 4.69) is 15.0 Å². The third-order valence-corrected chi connectivity index (χ3v) is 2.75. The first-order valence-electron chi connectivity index (χ1n) is 5.37. The second kappa shape index (κ2) is 3.59. The van der Waals surface area contributed by atoms with E-state index in [0.29, 0.717) is 11.4 Å². The number of hydrogen-bond acceptors (Lipinski definition) is 2. The molecule has 2 aromatic heterocycles. The molecule has 0 aliphatic rings. The van der Waals surface area contributed by atoms with Gasteiger partial charge in [0.2, 0.25) is 0 Å². The van der Waals surface area contributed by atoms with E-state index in [4.69, 9.17) is 0 Å². The minimum Gasteiger partial charge on any atom is -0.344 e. The Morgan fingerprint density at radius 2 is 2.12 bits per heavy atom. The van der Waals surface area contributed by atoms with Gasteiger partial charge < -0.3 is 9.97 Å². The Labute approximate surface area is 97.3 Å². The molecule has 0 fully saturated rings. The second-order valence-corrected chi connectivity index (χ2v) is 4.04. The Bertz CT molecular complexity index is 726. The molecule has 1 aromatic carbocycles. The Hall–Kier alpha value is -2.36. The number of nitrogens with zero attached hydrogens (tertiary/aromatic N) is 1. The molecule has 0 atom stereocenters. The fourth-order valence-corrected chi connectivity index (χ4v) is 1.90. The van der Waals surface area contributed by atoms with Crippen molar-refractivity contribution in [2.45, 2.75) is 6.92 Å². The molecule has 4 nitrogen and oxygen atoms in total. The van der Waals surface area contributed by atoms with Gasteiger partial charge in [-0.3, -0.25) is 4.79 Å². The number of H-pyrrole nitrogens is 2. The summed E-state index contributed by atoms with van der Waals surface area (Å²) < 4.78 is 0. The summed E-state index contributed by atoms with van der Waals surface area (Å²) in [6, 6.07) is 7.83. The SMILES string of the molecule is Cc1ccc2cc(-c3ncc[nH]3)c(=O)[nH]c2c1. The molecule has 3 aromatic rings. The van der Waals surface area contributed by atoms with Gasteiger partial charge in [-0.1, -0.05) is 12.1 Å². The molecule has 2 N–H and O–H groups in total. The summed E-state index contributed by atoms with van der Waals surface area (Å²) in [4.78, 5) is 21.8. The van der Waals surface area contributed by atoms with Crippen LogP contribution in [-0.4, -0.2) is 15.0 Å². The molecule has 0 aliphatic heterocycles. The first-order chi connectivity index (χ1) is 8.24. The van der Waals surface area contributed by atoms with E-state index in [1.54, 1.807) is 12.4 Å². The molecule has 0 aliphatic carbocycles. The Kier molecular flexibility index (Phi) is 2.08. The highest BCUT2D eigenvalue weighted by Crippen LogP contribution is 2.17. The average Bonchev–Trinajstić information content (AvgIpc) is 2.81. The fourth-order valence-electron chi connectivity index (χ4n) is 1.90. The molecule has 3 rings (SSSR count). The van der Waals surface area contributed by atoms with Crippen LogP contribution in [0.15, 0.2) is 41.5 Å². The van der Waals surface area contributed by atoms with Crippen LogP contribution in [0.2, 0.25) is 0 Å². The third kappa shape index (κ3) is 1.63. The zero-order valence-corrected chi connectivity index (χ0v) is 9.32.